The number of ether oxygens (including phenoxy) is 2. The van der Waals surface area contributed by atoms with E-state index < -0.39 is 35.9 Å². The first-order valence-corrected chi connectivity index (χ1v) is 13.5. The molecule has 218 valence electrons. The van der Waals surface area contributed by atoms with Crippen molar-refractivity contribution in [3.63, 3.8) is 0 Å². The van der Waals surface area contributed by atoms with Crippen molar-refractivity contribution in [2.75, 3.05) is 6.54 Å². The first kappa shape index (κ1) is 28.9. The van der Waals surface area contributed by atoms with Gasteiger partial charge in [0.1, 0.15) is 36.9 Å². The Bertz CT molecular complexity index is 1630. The van der Waals surface area contributed by atoms with Crippen LogP contribution in [-0.2, 0) is 29.3 Å². The van der Waals surface area contributed by atoms with E-state index in [2.05, 4.69) is 5.32 Å². The molecule has 2 atom stereocenters. The third-order valence-corrected chi connectivity index (χ3v) is 7.23. The molecule has 0 bridgehead atoms. The SMILES string of the molecule is NC(=O)Oc1cn(CC(=O)N2C[C@H](F)C[C@H]2C(=O)NCc2cccc(Cl)c2F)c2ccc(OCc3ccccc3)cc12. The molecule has 1 aliphatic rings. The maximum atomic E-state index is 14.5. The van der Waals surface area contributed by atoms with Gasteiger partial charge in [-0.15, -0.1) is 0 Å². The van der Waals surface area contributed by atoms with Crippen LogP contribution in [0.4, 0.5) is 13.6 Å². The highest BCUT2D eigenvalue weighted by Gasteiger charge is 2.39. The largest absolute Gasteiger partial charge is 0.489 e. The third-order valence-electron chi connectivity index (χ3n) is 6.94. The Morgan fingerprint density at radius 1 is 1.07 bits per heavy atom. The number of fused-ring (bicyclic) bond motifs is 1. The number of aromatic nitrogens is 1. The first-order chi connectivity index (χ1) is 20.2. The summed E-state index contributed by atoms with van der Waals surface area (Å²) in [5.41, 5.74) is 6.91. The number of alkyl halides is 1. The molecule has 1 aliphatic heterocycles. The van der Waals surface area contributed by atoms with E-state index in [0.29, 0.717) is 23.3 Å². The molecule has 3 amide bonds. The highest BCUT2D eigenvalue weighted by molar-refractivity contribution is 6.30. The van der Waals surface area contributed by atoms with E-state index in [-0.39, 0.29) is 42.4 Å². The standard InChI is InChI=1S/C30H27ClF2N4O5/c31-23-8-4-7-19(28(23)33)13-35-29(39)25-11-20(32)14-37(25)27(38)16-36-15-26(42-30(34)40)22-12-21(9-10-24(22)36)41-17-18-5-2-1-3-6-18/h1-10,12,15,20,25H,11,13-14,16-17H2,(H2,34,40)(H,35,39)/t20-,25+/m1/s1. The second kappa shape index (κ2) is 12.5. The van der Waals surface area contributed by atoms with Crippen LogP contribution < -0.4 is 20.5 Å². The minimum atomic E-state index is -1.41. The predicted molar refractivity (Wildman–Crippen MR) is 151 cm³/mol. The maximum Gasteiger partial charge on any atom is 0.410 e. The van der Waals surface area contributed by atoms with Crippen LogP contribution in [0.2, 0.25) is 5.02 Å². The van der Waals surface area contributed by atoms with E-state index in [1.54, 1.807) is 24.3 Å². The lowest BCUT2D eigenvalue weighted by Gasteiger charge is -2.24. The van der Waals surface area contributed by atoms with Crippen molar-refractivity contribution < 1.29 is 32.6 Å². The Morgan fingerprint density at radius 3 is 2.62 bits per heavy atom. The number of rotatable bonds is 9. The summed E-state index contributed by atoms with van der Waals surface area (Å²) in [5, 5.41) is 2.95. The summed E-state index contributed by atoms with van der Waals surface area (Å²) in [4.78, 5) is 39.1. The van der Waals surface area contributed by atoms with Gasteiger partial charge in [0, 0.05) is 30.1 Å². The van der Waals surface area contributed by atoms with Gasteiger partial charge in [0.25, 0.3) is 0 Å². The van der Waals surface area contributed by atoms with Crippen molar-refractivity contribution in [2.24, 2.45) is 5.73 Å². The minimum absolute atomic E-state index is 0.0863. The summed E-state index contributed by atoms with van der Waals surface area (Å²) in [7, 11) is 0. The van der Waals surface area contributed by atoms with Crippen LogP contribution in [0.1, 0.15) is 17.5 Å². The number of carbonyl (C=O) groups is 3. The number of halogens is 3. The van der Waals surface area contributed by atoms with E-state index in [9.17, 15) is 23.2 Å². The van der Waals surface area contributed by atoms with Gasteiger partial charge in [-0.05, 0) is 29.8 Å². The van der Waals surface area contributed by atoms with Gasteiger partial charge < -0.3 is 30.0 Å². The number of benzene rings is 3. The third kappa shape index (κ3) is 6.46. The highest BCUT2D eigenvalue weighted by atomic mass is 35.5. The van der Waals surface area contributed by atoms with E-state index in [4.69, 9.17) is 26.8 Å². The summed E-state index contributed by atoms with van der Waals surface area (Å²) in [6, 6.07) is 17.9. The van der Waals surface area contributed by atoms with Crippen LogP contribution in [0.3, 0.4) is 0 Å². The van der Waals surface area contributed by atoms with Gasteiger partial charge in [0.05, 0.1) is 17.1 Å². The molecule has 1 fully saturated rings. The number of amides is 3. The van der Waals surface area contributed by atoms with Gasteiger partial charge in [0.15, 0.2) is 5.75 Å². The fourth-order valence-corrected chi connectivity index (χ4v) is 5.12. The molecule has 0 spiro atoms. The zero-order valence-electron chi connectivity index (χ0n) is 22.3. The number of hydrogen-bond donors (Lipinski definition) is 2. The second-order valence-electron chi connectivity index (χ2n) is 9.82. The second-order valence-corrected chi connectivity index (χ2v) is 10.2. The molecule has 5 rings (SSSR count). The van der Waals surface area contributed by atoms with Gasteiger partial charge in [-0.1, -0.05) is 54.1 Å². The Hall–Kier alpha value is -4.64. The van der Waals surface area contributed by atoms with Crippen LogP contribution in [0.15, 0.2) is 72.9 Å². The number of carbonyl (C=O) groups excluding carboxylic acids is 3. The number of likely N-dealkylation sites (tertiary alicyclic amines) is 1. The van der Waals surface area contributed by atoms with Gasteiger partial charge in [-0.2, -0.15) is 0 Å². The monoisotopic (exact) mass is 596 g/mol. The number of hydrogen-bond acceptors (Lipinski definition) is 5. The molecule has 1 saturated heterocycles. The molecule has 0 unspecified atom stereocenters. The van der Waals surface area contributed by atoms with Gasteiger partial charge in [-0.25, -0.2) is 13.6 Å². The lowest BCUT2D eigenvalue weighted by Crippen LogP contribution is -2.46. The smallest absolute Gasteiger partial charge is 0.410 e. The average Bonchev–Trinajstić information content (AvgIpc) is 3.52. The molecule has 2 heterocycles. The Kier molecular flexibility index (Phi) is 8.58. The maximum absolute atomic E-state index is 14.5. The van der Waals surface area contributed by atoms with E-state index in [1.165, 1.54) is 22.9 Å². The number of nitrogens with two attached hydrogens (primary N) is 1. The summed E-state index contributed by atoms with van der Waals surface area (Å²) < 4.78 is 41.3. The molecular weight excluding hydrogens is 570 g/mol. The number of primary amides is 1. The van der Waals surface area contributed by atoms with E-state index in [1.807, 2.05) is 30.3 Å². The van der Waals surface area contributed by atoms with Crippen LogP contribution in [0, 0.1) is 5.82 Å². The molecule has 0 radical (unpaired) electrons. The zero-order valence-corrected chi connectivity index (χ0v) is 23.0. The van der Waals surface area contributed by atoms with Crippen LogP contribution in [-0.4, -0.2) is 46.1 Å². The molecule has 9 nitrogen and oxygen atoms in total. The number of nitrogens with one attached hydrogen (secondary N) is 1. The lowest BCUT2D eigenvalue weighted by molar-refractivity contribution is -0.139. The summed E-state index contributed by atoms with van der Waals surface area (Å²) in [6.07, 6.45) is -1.20. The van der Waals surface area contributed by atoms with Crippen molar-refractivity contribution in [2.45, 2.75) is 38.3 Å². The van der Waals surface area contributed by atoms with Crippen molar-refractivity contribution in [1.82, 2.24) is 14.8 Å². The molecule has 42 heavy (non-hydrogen) atoms. The van der Waals surface area contributed by atoms with Crippen molar-refractivity contribution in [1.29, 1.82) is 0 Å². The quantitative estimate of drug-likeness (QED) is 0.290. The Balaban J connectivity index is 1.32. The molecule has 3 aromatic carbocycles. The van der Waals surface area contributed by atoms with Crippen LogP contribution in [0.25, 0.3) is 10.9 Å². The minimum Gasteiger partial charge on any atom is -0.489 e. The van der Waals surface area contributed by atoms with Crippen molar-refractivity contribution in [3.8, 4) is 11.5 Å². The molecule has 3 N–H and O–H groups in total. The van der Waals surface area contributed by atoms with Crippen LogP contribution >= 0.6 is 11.6 Å². The summed E-state index contributed by atoms with van der Waals surface area (Å²) >= 11 is 5.80. The molecule has 1 aromatic heterocycles. The Labute approximate surface area is 244 Å². The van der Waals surface area contributed by atoms with Crippen LogP contribution in [0.5, 0.6) is 11.5 Å². The van der Waals surface area contributed by atoms with Crippen molar-refractivity contribution >= 4 is 40.4 Å². The van der Waals surface area contributed by atoms with Crippen molar-refractivity contribution in [3.05, 3.63) is 94.9 Å². The Morgan fingerprint density at radius 2 is 1.86 bits per heavy atom. The molecule has 0 aliphatic carbocycles. The fourth-order valence-electron chi connectivity index (χ4n) is 4.93. The van der Waals surface area contributed by atoms with Gasteiger partial charge >= 0.3 is 6.09 Å². The topological polar surface area (TPSA) is 116 Å². The average molecular weight is 597 g/mol. The van der Waals surface area contributed by atoms with E-state index >= 15 is 0 Å². The lowest BCUT2D eigenvalue weighted by atomic mass is 10.1. The molecule has 12 heteroatoms. The summed E-state index contributed by atoms with van der Waals surface area (Å²) in [5.74, 6) is -1.20. The van der Waals surface area contributed by atoms with Gasteiger partial charge in [-0.3, -0.25) is 9.59 Å². The first-order valence-electron chi connectivity index (χ1n) is 13.1. The fraction of sp³-hybridized carbons (Fsp3) is 0.233. The summed E-state index contributed by atoms with van der Waals surface area (Å²) in [6.45, 7) is -0.415. The highest BCUT2D eigenvalue weighted by Crippen LogP contribution is 2.32. The molecule has 4 aromatic rings. The normalized spacial score (nSPS) is 16.4. The predicted octanol–water partition coefficient (Wildman–Crippen LogP) is 4.73. The number of nitrogens with zero attached hydrogens (tertiary/aromatic N) is 2. The molecular formula is C30H27ClF2N4O5. The zero-order chi connectivity index (χ0) is 29.8. The van der Waals surface area contributed by atoms with Gasteiger partial charge in [0.2, 0.25) is 11.8 Å². The van der Waals surface area contributed by atoms with E-state index in [0.717, 1.165) is 10.5 Å². The molecule has 0 saturated carbocycles.